The number of halogens is 3. The molecule has 0 unspecified atom stereocenters. The Morgan fingerprint density at radius 3 is 2.21 bits per heavy atom. The quantitative estimate of drug-likeness (QED) is 0.571. The van der Waals surface area contributed by atoms with E-state index in [0.29, 0.717) is 17.1 Å². The second-order valence-corrected chi connectivity index (χ2v) is 6.22. The van der Waals surface area contributed by atoms with Crippen molar-refractivity contribution in [2.45, 2.75) is 13.1 Å². The highest BCUT2D eigenvalue weighted by atomic mass is 19.4. The zero-order valence-electron chi connectivity index (χ0n) is 15.2. The number of nitrogens with zero attached hydrogens (tertiary/aromatic N) is 1. The van der Waals surface area contributed by atoms with Crippen LogP contribution >= 0.6 is 0 Å². The first-order chi connectivity index (χ1) is 13.7. The van der Waals surface area contributed by atoms with E-state index in [-0.39, 0.29) is 17.0 Å². The number of carbonyl (C=O) groups is 2. The van der Waals surface area contributed by atoms with Crippen molar-refractivity contribution in [3.05, 3.63) is 83.6 Å². The van der Waals surface area contributed by atoms with Gasteiger partial charge in [-0.15, -0.1) is 0 Å². The van der Waals surface area contributed by atoms with Crippen LogP contribution in [0.2, 0.25) is 0 Å². The SMILES string of the molecule is CC(=O)c1cccc(Nc2ccc(C(=O)Nc3ccc(C(F)(F)F)cc3)cn2)c1. The van der Waals surface area contributed by atoms with Gasteiger partial charge in [-0.25, -0.2) is 4.98 Å². The van der Waals surface area contributed by atoms with Crippen molar-refractivity contribution >= 4 is 28.9 Å². The first-order valence-corrected chi connectivity index (χ1v) is 8.55. The number of benzene rings is 2. The van der Waals surface area contributed by atoms with Crippen LogP contribution in [0.3, 0.4) is 0 Å². The van der Waals surface area contributed by atoms with Gasteiger partial charge in [-0.2, -0.15) is 13.2 Å². The van der Waals surface area contributed by atoms with Crippen molar-refractivity contribution in [1.82, 2.24) is 4.98 Å². The van der Waals surface area contributed by atoms with Crippen LogP contribution < -0.4 is 10.6 Å². The predicted octanol–water partition coefficient (Wildman–Crippen LogP) is 5.30. The normalized spacial score (nSPS) is 11.0. The first kappa shape index (κ1) is 20.1. The molecule has 2 N–H and O–H groups in total. The number of ketones is 1. The zero-order chi connectivity index (χ0) is 21.0. The molecular weight excluding hydrogens is 383 g/mol. The molecule has 1 heterocycles. The second kappa shape index (κ2) is 8.14. The Morgan fingerprint density at radius 2 is 1.62 bits per heavy atom. The summed E-state index contributed by atoms with van der Waals surface area (Å²) in [4.78, 5) is 27.8. The van der Waals surface area contributed by atoms with E-state index in [2.05, 4.69) is 15.6 Å². The van der Waals surface area contributed by atoms with Crippen molar-refractivity contribution in [3.8, 4) is 0 Å². The van der Waals surface area contributed by atoms with Gasteiger partial charge < -0.3 is 10.6 Å². The van der Waals surface area contributed by atoms with Gasteiger partial charge in [-0.05, 0) is 55.5 Å². The summed E-state index contributed by atoms with van der Waals surface area (Å²) < 4.78 is 37.8. The lowest BCUT2D eigenvalue weighted by Crippen LogP contribution is -2.13. The molecule has 2 aromatic carbocycles. The van der Waals surface area contributed by atoms with Crippen LogP contribution in [0.4, 0.5) is 30.4 Å². The fraction of sp³-hybridized carbons (Fsp3) is 0.0952. The van der Waals surface area contributed by atoms with Crippen molar-refractivity contribution < 1.29 is 22.8 Å². The molecule has 0 fully saturated rings. The third-order valence-electron chi connectivity index (χ3n) is 4.04. The van der Waals surface area contributed by atoms with Crippen LogP contribution in [-0.2, 0) is 6.18 Å². The molecule has 0 saturated heterocycles. The summed E-state index contributed by atoms with van der Waals surface area (Å²) in [7, 11) is 0. The number of hydrogen-bond acceptors (Lipinski definition) is 4. The summed E-state index contributed by atoms with van der Waals surface area (Å²) in [6.45, 7) is 1.47. The maximum atomic E-state index is 12.6. The van der Waals surface area contributed by atoms with Crippen LogP contribution in [0.25, 0.3) is 0 Å². The molecule has 1 aromatic heterocycles. The number of anilines is 3. The topological polar surface area (TPSA) is 71.1 Å². The lowest BCUT2D eigenvalue weighted by molar-refractivity contribution is -0.137. The number of carbonyl (C=O) groups excluding carboxylic acids is 2. The van der Waals surface area contributed by atoms with Crippen molar-refractivity contribution in [1.29, 1.82) is 0 Å². The van der Waals surface area contributed by atoms with E-state index in [1.165, 1.54) is 31.3 Å². The lowest BCUT2D eigenvalue weighted by atomic mass is 10.1. The molecule has 0 atom stereocenters. The summed E-state index contributed by atoms with van der Waals surface area (Å²) >= 11 is 0. The average Bonchev–Trinajstić information content (AvgIpc) is 2.68. The molecule has 0 aliphatic carbocycles. The Balaban J connectivity index is 1.66. The molecule has 0 aliphatic heterocycles. The Kier molecular flexibility index (Phi) is 5.63. The summed E-state index contributed by atoms with van der Waals surface area (Å²) in [5.74, 6) is -0.0870. The molecule has 0 radical (unpaired) electrons. The number of pyridine rings is 1. The van der Waals surface area contributed by atoms with Crippen LogP contribution in [0.1, 0.15) is 33.2 Å². The van der Waals surface area contributed by atoms with Gasteiger partial charge in [0.1, 0.15) is 5.82 Å². The maximum absolute atomic E-state index is 12.6. The summed E-state index contributed by atoms with van der Waals surface area (Å²) in [5, 5.41) is 5.56. The molecule has 0 bridgehead atoms. The van der Waals surface area contributed by atoms with Gasteiger partial charge in [-0.1, -0.05) is 12.1 Å². The van der Waals surface area contributed by atoms with Crippen LogP contribution in [-0.4, -0.2) is 16.7 Å². The van der Waals surface area contributed by atoms with Gasteiger partial charge in [0.25, 0.3) is 5.91 Å². The van der Waals surface area contributed by atoms with Gasteiger partial charge in [0.05, 0.1) is 11.1 Å². The molecule has 0 saturated carbocycles. The van der Waals surface area contributed by atoms with Crippen LogP contribution in [0, 0.1) is 0 Å². The van der Waals surface area contributed by atoms with E-state index in [4.69, 9.17) is 0 Å². The molecule has 3 aromatic rings. The van der Waals surface area contributed by atoms with Gasteiger partial charge in [0, 0.05) is 23.1 Å². The van der Waals surface area contributed by atoms with Crippen LogP contribution in [0.5, 0.6) is 0 Å². The van der Waals surface area contributed by atoms with E-state index in [0.717, 1.165) is 12.1 Å². The summed E-state index contributed by atoms with van der Waals surface area (Å²) in [6, 6.07) is 14.2. The van der Waals surface area contributed by atoms with Gasteiger partial charge in [0.15, 0.2) is 5.78 Å². The number of nitrogens with one attached hydrogen (secondary N) is 2. The number of alkyl halides is 3. The molecule has 0 spiro atoms. The van der Waals surface area contributed by atoms with Crippen molar-refractivity contribution in [2.75, 3.05) is 10.6 Å². The highest BCUT2D eigenvalue weighted by Crippen LogP contribution is 2.29. The Morgan fingerprint density at radius 1 is 0.897 bits per heavy atom. The zero-order valence-corrected chi connectivity index (χ0v) is 15.2. The third kappa shape index (κ3) is 5.19. The number of Topliss-reactive ketones (excluding diaryl/α,β-unsaturated/α-hetero) is 1. The standard InChI is InChI=1S/C21H16F3N3O2/c1-13(28)14-3-2-4-18(11-14)26-19-10-5-15(12-25-19)20(29)27-17-8-6-16(7-9-17)21(22,23)24/h2-12H,1H3,(H,25,26)(H,27,29). The minimum absolute atomic E-state index is 0.0584. The average molecular weight is 399 g/mol. The maximum Gasteiger partial charge on any atom is 0.416 e. The molecule has 8 heteroatoms. The van der Waals surface area contributed by atoms with E-state index < -0.39 is 17.6 Å². The van der Waals surface area contributed by atoms with Crippen molar-refractivity contribution in [3.63, 3.8) is 0 Å². The van der Waals surface area contributed by atoms with E-state index in [9.17, 15) is 22.8 Å². The monoisotopic (exact) mass is 399 g/mol. The second-order valence-electron chi connectivity index (χ2n) is 6.22. The van der Waals surface area contributed by atoms with Crippen LogP contribution in [0.15, 0.2) is 66.9 Å². The predicted molar refractivity (Wildman–Crippen MR) is 103 cm³/mol. The number of hydrogen-bond donors (Lipinski definition) is 2. The molecule has 5 nitrogen and oxygen atoms in total. The Hall–Kier alpha value is -3.68. The van der Waals surface area contributed by atoms with Gasteiger partial charge in [-0.3, -0.25) is 9.59 Å². The smallest absolute Gasteiger partial charge is 0.340 e. The molecule has 3 rings (SSSR count). The van der Waals surface area contributed by atoms with E-state index in [1.54, 1.807) is 30.3 Å². The minimum atomic E-state index is -4.43. The molecule has 29 heavy (non-hydrogen) atoms. The third-order valence-corrected chi connectivity index (χ3v) is 4.04. The van der Waals surface area contributed by atoms with Gasteiger partial charge in [0.2, 0.25) is 0 Å². The van der Waals surface area contributed by atoms with E-state index in [1.807, 2.05) is 0 Å². The minimum Gasteiger partial charge on any atom is -0.340 e. The highest BCUT2D eigenvalue weighted by molar-refractivity contribution is 6.04. The summed E-state index contributed by atoms with van der Waals surface area (Å²) in [6.07, 6.45) is -3.09. The fourth-order valence-corrected chi connectivity index (χ4v) is 2.51. The molecular formula is C21H16F3N3O2. The van der Waals surface area contributed by atoms with Gasteiger partial charge >= 0.3 is 6.18 Å². The molecule has 1 amide bonds. The van der Waals surface area contributed by atoms with Crippen molar-refractivity contribution in [2.24, 2.45) is 0 Å². The first-order valence-electron chi connectivity index (χ1n) is 8.55. The fourth-order valence-electron chi connectivity index (χ4n) is 2.51. The van der Waals surface area contributed by atoms with E-state index >= 15 is 0 Å². The largest absolute Gasteiger partial charge is 0.416 e. The highest BCUT2D eigenvalue weighted by Gasteiger charge is 2.30. The molecule has 0 aliphatic rings. The Bertz CT molecular complexity index is 1030. The number of amides is 1. The number of rotatable bonds is 5. The molecule has 148 valence electrons. The lowest BCUT2D eigenvalue weighted by Gasteiger charge is -2.10. The Labute approximate surface area is 164 Å². The summed E-state index contributed by atoms with van der Waals surface area (Å²) in [5.41, 5.74) is 0.926. The number of aromatic nitrogens is 1.